The fraction of sp³-hybridized carbons (Fsp3) is 0.600. The van der Waals surface area contributed by atoms with Gasteiger partial charge in [-0.2, -0.15) is 0 Å². The van der Waals surface area contributed by atoms with Crippen molar-refractivity contribution in [3.8, 4) is 0 Å². The van der Waals surface area contributed by atoms with E-state index in [0.717, 1.165) is 6.67 Å². The normalized spacial score (nSPS) is 14.2. The number of hydrogen-bond donors (Lipinski definition) is 0. The minimum atomic E-state index is 1.000. The summed E-state index contributed by atoms with van der Waals surface area (Å²) in [4.78, 5) is 4.83. The van der Waals surface area contributed by atoms with Gasteiger partial charge in [0, 0.05) is 24.6 Å². The minimum absolute atomic E-state index is 1.000. The standard InChI is InChI=1S/C20H32N2/c1-5-6-7-8-9-10-11-21-12-13-22(16-21)20-18(3)14-17(2)15-19(20)4/h12-15H,5-11,16H2,1-4H3. The third kappa shape index (κ3) is 4.53. The summed E-state index contributed by atoms with van der Waals surface area (Å²) in [5.74, 6) is 0. The Labute approximate surface area is 136 Å². The topological polar surface area (TPSA) is 6.48 Å². The molecule has 0 radical (unpaired) electrons. The summed E-state index contributed by atoms with van der Waals surface area (Å²) in [5.41, 5.74) is 5.49. The summed E-state index contributed by atoms with van der Waals surface area (Å²) in [5, 5.41) is 0. The molecular formula is C20H32N2. The van der Waals surface area contributed by atoms with Crippen LogP contribution in [-0.2, 0) is 0 Å². The number of aryl methyl sites for hydroxylation is 3. The number of unbranched alkanes of at least 4 members (excludes halogenated alkanes) is 5. The van der Waals surface area contributed by atoms with Crippen molar-refractivity contribution >= 4 is 5.69 Å². The molecule has 1 aliphatic heterocycles. The summed E-state index contributed by atoms with van der Waals surface area (Å²) < 4.78 is 0. The summed E-state index contributed by atoms with van der Waals surface area (Å²) in [6.45, 7) is 11.1. The van der Waals surface area contributed by atoms with Crippen molar-refractivity contribution < 1.29 is 0 Å². The Bertz CT molecular complexity index is 481. The average molecular weight is 300 g/mol. The molecule has 0 spiro atoms. The monoisotopic (exact) mass is 300 g/mol. The van der Waals surface area contributed by atoms with Gasteiger partial charge >= 0.3 is 0 Å². The van der Waals surface area contributed by atoms with Crippen LogP contribution in [0.2, 0.25) is 0 Å². The molecule has 22 heavy (non-hydrogen) atoms. The second-order valence-electron chi connectivity index (χ2n) is 6.74. The van der Waals surface area contributed by atoms with Gasteiger partial charge in [-0.25, -0.2) is 0 Å². The molecule has 0 aliphatic carbocycles. The Morgan fingerprint density at radius 1 is 0.864 bits per heavy atom. The molecule has 1 heterocycles. The van der Waals surface area contributed by atoms with Crippen LogP contribution in [0.5, 0.6) is 0 Å². The van der Waals surface area contributed by atoms with Crippen molar-refractivity contribution in [2.75, 3.05) is 18.1 Å². The Morgan fingerprint density at radius 2 is 1.50 bits per heavy atom. The molecule has 0 fully saturated rings. The predicted molar refractivity (Wildman–Crippen MR) is 97.2 cm³/mol. The Morgan fingerprint density at radius 3 is 2.18 bits per heavy atom. The molecule has 1 aromatic carbocycles. The molecule has 0 bridgehead atoms. The molecule has 0 aromatic heterocycles. The fourth-order valence-corrected chi connectivity index (χ4v) is 3.48. The van der Waals surface area contributed by atoms with E-state index in [9.17, 15) is 0 Å². The first-order valence-corrected chi connectivity index (χ1v) is 8.88. The van der Waals surface area contributed by atoms with Crippen molar-refractivity contribution in [1.29, 1.82) is 0 Å². The number of hydrogen-bond acceptors (Lipinski definition) is 2. The zero-order chi connectivity index (χ0) is 15.9. The molecule has 1 aliphatic rings. The second kappa shape index (κ2) is 8.26. The van der Waals surface area contributed by atoms with Crippen molar-refractivity contribution in [3.05, 3.63) is 41.2 Å². The minimum Gasteiger partial charge on any atom is -0.358 e. The van der Waals surface area contributed by atoms with Gasteiger partial charge in [0.1, 0.15) is 0 Å². The first-order chi connectivity index (χ1) is 10.6. The average Bonchev–Trinajstić information content (AvgIpc) is 2.90. The molecule has 2 rings (SSSR count). The van der Waals surface area contributed by atoms with E-state index in [0.29, 0.717) is 0 Å². The SMILES string of the molecule is CCCCCCCCN1C=CN(c2c(C)cc(C)cc2C)C1. The van der Waals surface area contributed by atoms with Gasteiger partial charge in [0.25, 0.3) is 0 Å². The molecule has 1 aromatic rings. The van der Waals surface area contributed by atoms with Crippen LogP contribution in [0.15, 0.2) is 24.5 Å². The van der Waals surface area contributed by atoms with E-state index in [1.54, 1.807) is 0 Å². The Hall–Kier alpha value is -1.44. The molecule has 0 atom stereocenters. The van der Waals surface area contributed by atoms with Crippen LogP contribution < -0.4 is 4.90 Å². The lowest BCUT2D eigenvalue weighted by atomic mass is 10.0. The van der Waals surface area contributed by atoms with E-state index in [-0.39, 0.29) is 0 Å². The van der Waals surface area contributed by atoms with Gasteiger partial charge in [-0.3, -0.25) is 0 Å². The van der Waals surface area contributed by atoms with Crippen LogP contribution in [0.1, 0.15) is 62.1 Å². The highest BCUT2D eigenvalue weighted by Gasteiger charge is 2.17. The molecule has 0 amide bonds. The molecule has 0 saturated carbocycles. The van der Waals surface area contributed by atoms with Crippen LogP contribution >= 0.6 is 0 Å². The van der Waals surface area contributed by atoms with Crippen molar-refractivity contribution in [2.24, 2.45) is 0 Å². The molecule has 0 saturated heterocycles. The smallest absolute Gasteiger partial charge is 0.0942 e. The van der Waals surface area contributed by atoms with Gasteiger partial charge in [0.05, 0.1) is 6.67 Å². The maximum atomic E-state index is 2.44. The predicted octanol–water partition coefficient (Wildman–Crippen LogP) is 5.52. The highest BCUT2D eigenvalue weighted by Crippen LogP contribution is 2.28. The molecule has 2 nitrogen and oxygen atoms in total. The van der Waals surface area contributed by atoms with E-state index < -0.39 is 0 Å². The van der Waals surface area contributed by atoms with E-state index >= 15 is 0 Å². The van der Waals surface area contributed by atoms with Crippen LogP contribution in [0.4, 0.5) is 5.69 Å². The van der Waals surface area contributed by atoms with Gasteiger partial charge in [0.15, 0.2) is 0 Å². The van der Waals surface area contributed by atoms with Crippen molar-refractivity contribution in [3.63, 3.8) is 0 Å². The number of anilines is 1. The zero-order valence-corrected chi connectivity index (χ0v) is 14.9. The number of rotatable bonds is 8. The third-order valence-electron chi connectivity index (χ3n) is 4.51. The van der Waals surface area contributed by atoms with Gasteiger partial charge in [0.2, 0.25) is 0 Å². The van der Waals surface area contributed by atoms with Gasteiger partial charge in [-0.1, -0.05) is 56.7 Å². The van der Waals surface area contributed by atoms with Gasteiger partial charge in [-0.15, -0.1) is 0 Å². The Kier molecular flexibility index (Phi) is 6.35. The van der Waals surface area contributed by atoms with Crippen LogP contribution in [0, 0.1) is 20.8 Å². The molecule has 2 heteroatoms. The Balaban J connectivity index is 1.80. The molecule has 0 N–H and O–H groups in total. The lowest BCUT2D eigenvalue weighted by molar-refractivity contribution is 0.388. The highest BCUT2D eigenvalue weighted by molar-refractivity contribution is 5.62. The van der Waals surface area contributed by atoms with Gasteiger partial charge in [-0.05, 0) is 38.3 Å². The first kappa shape index (κ1) is 16.9. The first-order valence-electron chi connectivity index (χ1n) is 8.88. The van der Waals surface area contributed by atoms with Gasteiger partial charge < -0.3 is 9.80 Å². The summed E-state index contributed by atoms with van der Waals surface area (Å²) in [6, 6.07) is 4.57. The lowest BCUT2D eigenvalue weighted by Crippen LogP contribution is -2.26. The summed E-state index contributed by atoms with van der Waals surface area (Å²) in [7, 11) is 0. The molecular weight excluding hydrogens is 268 g/mol. The quantitative estimate of drug-likeness (QED) is 0.583. The van der Waals surface area contributed by atoms with E-state index in [2.05, 4.69) is 62.0 Å². The zero-order valence-electron chi connectivity index (χ0n) is 14.9. The van der Waals surface area contributed by atoms with Crippen LogP contribution in [-0.4, -0.2) is 18.1 Å². The van der Waals surface area contributed by atoms with E-state index in [1.165, 1.54) is 67.4 Å². The second-order valence-corrected chi connectivity index (χ2v) is 6.74. The largest absolute Gasteiger partial charge is 0.358 e. The molecule has 122 valence electrons. The van der Waals surface area contributed by atoms with Crippen LogP contribution in [0.25, 0.3) is 0 Å². The maximum Gasteiger partial charge on any atom is 0.0942 e. The molecule has 0 unspecified atom stereocenters. The highest BCUT2D eigenvalue weighted by atomic mass is 15.3. The fourth-order valence-electron chi connectivity index (χ4n) is 3.48. The lowest BCUT2D eigenvalue weighted by Gasteiger charge is -2.24. The van der Waals surface area contributed by atoms with E-state index in [1.807, 2.05) is 0 Å². The maximum absolute atomic E-state index is 2.44. The van der Waals surface area contributed by atoms with Crippen molar-refractivity contribution in [2.45, 2.75) is 66.2 Å². The third-order valence-corrected chi connectivity index (χ3v) is 4.51. The van der Waals surface area contributed by atoms with E-state index in [4.69, 9.17) is 0 Å². The number of nitrogens with zero attached hydrogens (tertiary/aromatic N) is 2. The van der Waals surface area contributed by atoms with Crippen LogP contribution in [0.3, 0.4) is 0 Å². The van der Waals surface area contributed by atoms with Crippen molar-refractivity contribution in [1.82, 2.24) is 4.90 Å². The summed E-state index contributed by atoms with van der Waals surface area (Å²) in [6.07, 6.45) is 12.7. The number of benzene rings is 1. The summed E-state index contributed by atoms with van der Waals surface area (Å²) >= 11 is 0.